The topological polar surface area (TPSA) is 38.9 Å². The van der Waals surface area contributed by atoms with E-state index in [0.717, 1.165) is 12.1 Å². The minimum Gasteiger partial charge on any atom is -0.322 e. The van der Waals surface area contributed by atoms with E-state index in [1.165, 1.54) is 11.1 Å². The quantitative estimate of drug-likeness (QED) is 0.908. The summed E-state index contributed by atoms with van der Waals surface area (Å²) < 4.78 is 0. The molecule has 0 amide bonds. The van der Waals surface area contributed by atoms with Crippen molar-refractivity contribution >= 4 is 0 Å². The van der Waals surface area contributed by atoms with Gasteiger partial charge in [-0.1, -0.05) is 51.1 Å². The average Bonchev–Trinajstić information content (AvgIpc) is 2.39. The molecule has 0 aliphatic heterocycles. The summed E-state index contributed by atoms with van der Waals surface area (Å²) in [6, 6.07) is 14.6. The first-order valence-electron chi connectivity index (χ1n) is 6.73. The van der Waals surface area contributed by atoms with E-state index in [2.05, 4.69) is 50.0 Å². The second kappa shape index (κ2) is 5.54. The van der Waals surface area contributed by atoms with Gasteiger partial charge in [0.1, 0.15) is 0 Å². The predicted molar refractivity (Wildman–Crippen MR) is 80.0 cm³/mol. The SMILES string of the molecule is CC(C)(C)c1ccc(CC(N)c2ccccn2)cc1. The molecule has 0 saturated heterocycles. The summed E-state index contributed by atoms with van der Waals surface area (Å²) in [4.78, 5) is 4.31. The lowest BCUT2D eigenvalue weighted by Crippen LogP contribution is -2.15. The Kier molecular flexibility index (Phi) is 4.01. The molecule has 0 saturated carbocycles. The van der Waals surface area contributed by atoms with Gasteiger partial charge in [0.25, 0.3) is 0 Å². The first-order chi connectivity index (χ1) is 8.97. The smallest absolute Gasteiger partial charge is 0.0574 e. The first kappa shape index (κ1) is 13.8. The molecule has 1 aromatic heterocycles. The van der Waals surface area contributed by atoms with E-state index in [4.69, 9.17) is 5.73 Å². The van der Waals surface area contributed by atoms with Crippen molar-refractivity contribution in [2.24, 2.45) is 5.73 Å². The van der Waals surface area contributed by atoms with Crippen LogP contribution in [0, 0.1) is 0 Å². The number of hydrogen-bond donors (Lipinski definition) is 1. The molecule has 1 unspecified atom stereocenters. The van der Waals surface area contributed by atoms with Gasteiger partial charge in [-0.05, 0) is 35.1 Å². The van der Waals surface area contributed by atoms with Crippen LogP contribution in [0.3, 0.4) is 0 Å². The monoisotopic (exact) mass is 254 g/mol. The van der Waals surface area contributed by atoms with Crippen molar-refractivity contribution in [2.45, 2.75) is 38.6 Å². The van der Waals surface area contributed by atoms with Gasteiger partial charge in [-0.2, -0.15) is 0 Å². The van der Waals surface area contributed by atoms with Gasteiger partial charge in [-0.25, -0.2) is 0 Å². The van der Waals surface area contributed by atoms with Gasteiger partial charge < -0.3 is 5.73 Å². The summed E-state index contributed by atoms with van der Waals surface area (Å²) in [6.07, 6.45) is 2.61. The summed E-state index contributed by atoms with van der Waals surface area (Å²) in [7, 11) is 0. The van der Waals surface area contributed by atoms with E-state index in [9.17, 15) is 0 Å². The predicted octanol–water partition coefficient (Wildman–Crippen LogP) is 3.62. The van der Waals surface area contributed by atoms with Gasteiger partial charge >= 0.3 is 0 Å². The van der Waals surface area contributed by atoms with Crippen LogP contribution in [0.5, 0.6) is 0 Å². The molecule has 2 rings (SSSR count). The van der Waals surface area contributed by atoms with Crippen molar-refractivity contribution < 1.29 is 0 Å². The standard InChI is InChI=1S/C17H22N2/c1-17(2,3)14-9-7-13(8-10-14)12-15(18)16-6-4-5-11-19-16/h4-11,15H,12,18H2,1-3H3. The Balaban J connectivity index is 2.08. The van der Waals surface area contributed by atoms with Crippen molar-refractivity contribution in [2.75, 3.05) is 0 Å². The van der Waals surface area contributed by atoms with E-state index in [1.54, 1.807) is 6.20 Å². The fourth-order valence-corrected chi connectivity index (χ4v) is 2.09. The lowest BCUT2D eigenvalue weighted by molar-refractivity contribution is 0.589. The van der Waals surface area contributed by atoms with E-state index in [1.807, 2.05) is 18.2 Å². The highest BCUT2D eigenvalue weighted by atomic mass is 14.8. The average molecular weight is 254 g/mol. The van der Waals surface area contributed by atoms with Gasteiger partial charge in [0.05, 0.1) is 11.7 Å². The molecule has 100 valence electrons. The number of hydrogen-bond acceptors (Lipinski definition) is 2. The molecule has 0 radical (unpaired) electrons. The maximum absolute atomic E-state index is 6.19. The zero-order chi connectivity index (χ0) is 13.9. The zero-order valence-electron chi connectivity index (χ0n) is 11.9. The van der Waals surface area contributed by atoms with E-state index < -0.39 is 0 Å². The third kappa shape index (κ3) is 3.65. The third-order valence-electron chi connectivity index (χ3n) is 3.34. The van der Waals surface area contributed by atoms with Crippen LogP contribution in [-0.4, -0.2) is 4.98 Å². The van der Waals surface area contributed by atoms with E-state index >= 15 is 0 Å². The summed E-state index contributed by atoms with van der Waals surface area (Å²) in [6.45, 7) is 6.67. The Morgan fingerprint density at radius 3 is 2.26 bits per heavy atom. The number of rotatable bonds is 3. The maximum Gasteiger partial charge on any atom is 0.0574 e. The summed E-state index contributed by atoms with van der Waals surface area (Å²) in [5.41, 5.74) is 9.94. The Hall–Kier alpha value is -1.67. The van der Waals surface area contributed by atoms with Gasteiger partial charge in [0.15, 0.2) is 0 Å². The largest absolute Gasteiger partial charge is 0.322 e. The molecular formula is C17H22N2. The molecular weight excluding hydrogens is 232 g/mol. The molecule has 2 heteroatoms. The molecule has 2 N–H and O–H groups in total. The third-order valence-corrected chi connectivity index (χ3v) is 3.34. The normalized spacial score (nSPS) is 13.3. The van der Waals surface area contributed by atoms with Crippen molar-refractivity contribution in [1.29, 1.82) is 0 Å². The Labute approximate surface area is 115 Å². The molecule has 0 bridgehead atoms. The van der Waals surface area contributed by atoms with Gasteiger partial charge in [-0.3, -0.25) is 4.98 Å². The lowest BCUT2D eigenvalue weighted by atomic mass is 9.86. The molecule has 0 aliphatic carbocycles. The van der Waals surface area contributed by atoms with Crippen LogP contribution in [0.1, 0.15) is 43.6 Å². The minimum atomic E-state index is -0.0401. The Morgan fingerprint density at radius 2 is 1.74 bits per heavy atom. The van der Waals surface area contributed by atoms with Crippen LogP contribution in [0.25, 0.3) is 0 Å². The van der Waals surface area contributed by atoms with E-state index in [-0.39, 0.29) is 11.5 Å². The molecule has 0 fully saturated rings. The molecule has 0 aliphatic rings. The molecule has 1 heterocycles. The van der Waals surface area contributed by atoms with Gasteiger partial charge in [0.2, 0.25) is 0 Å². The van der Waals surface area contributed by atoms with Crippen LogP contribution >= 0.6 is 0 Å². The Morgan fingerprint density at radius 1 is 1.05 bits per heavy atom. The summed E-state index contributed by atoms with van der Waals surface area (Å²) >= 11 is 0. The maximum atomic E-state index is 6.19. The van der Waals surface area contributed by atoms with Gasteiger partial charge in [0, 0.05) is 6.20 Å². The highest BCUT2D eigenvalue weighted by Crippen LogP contribution is 2.23. The fraction of sp³-hybridized carbons (Fsp3) is 0.353. The Bertz CT molecular complexity index is 509. The molecule has 2 nitrogen and oxygen atoms in total. The fourth-order valence-electron chi connectivity index (χ4n) is 2.09. The van der Waals surface area contributed by atoms with Crippen LogP contribution in [-0.2, 0) is 11.8 Å². The number of aromatic nitrogens is 1. The highest BCUT2D eigenvalue weighted by molar-refractivity contribution is 5.28. The number of pyridine rings is 1. The zero-order valence-corrected chi connectivity index (χ0v) is 11.9. The number of nitrogens with two attached hydrogens (primary N) is 1. The van der Waals surface area contributed by atoms with Crippen molar-refractivity contribution in [3.05, 3.63) is 65.5 Å². The second-order valence-electron chi connectivity index (χ2n) is 6.01. The van der Waals surface area contributed by atoms with Crippen LogP contribution in [0.15, 0.2) is 48.7 Å². The lowest BCUT2D eigenvalue weighted by Gasteiger charge is -2.19. The minimum absolute atomic E-state index is 0.0401. The first-order valence-corrected chi connectivity index (χ1v) is 6.73. The summed E-state index contributed by atoms with van der Waals surface area (Å²) in [5.74, 6) is 0. The van der Waals surface area contributed by atoms with E-state index in [0.29, 0.717) is 0 Å². The molecule has 2 aromatic rings. The van der Waals surface area contributed by atoms with Crippen molar-refractivity contribution in [3.8, 4) is 0 Å². The summed E-state index contributed by atoms with van der Waals surface area (Å²) in [5, 5.41) is 0. The van der Waals surface area contributed by atoms with Crippen LogP contribution < -0.4 is 5.73 Å². The second-order valence-corrected chi connectivity index (χ2v) is 6.01. The van der Waals surface area contributed by atoms with Crippen molar-refractivity contribution in [1.82, 2.24) is 4.98 Å². The molecule has 0 spiro atoms. The number of nitrogens with zero attached hydrogens (tertiary/aromatic N) is 1. The molecule has 1 aromatic carbocycles. The molecule has 1 atom stereocenters. The van der Waals surface area contributed by atoms with Crippen molar-refractivity contribution in [3.63, 3.8) is 0 Å². The molecule has 19 heavy (non-hydrogen) atoms. The highest BCUT2D eigenvalue weighted by Gasteiger charge is 2.13. The number of benzene rings is 1. The van der Waals surface area contributed by atoms with Crippen LogP contribution in [0.2, 0.25) is 0 Å². The van der Waals surface area contributed by atoms with Crippen LogP contribution in [0.4, 0.5) is 0 Å². The van der Waals surface area contributed by atoms with Gasteiger partial charge in [-0.15, -0.1) is 0 Å².